The minimum Gasteiger partial charge on any atom is -0.398 e. The third-order valence-electron chi connectivity index (χ3n) is 1.30. The van der Waals surface area contributed by atoms with Crippen LogP contribution in [0.25, 0.3) is 0 Å². The number of allylic oxidation sites excluding steroid dienone is 3. The first-order valence-electron chi connectivity index (χ1n) is 3.70. The van der Waals surface area contributed by atoms with Crippen LogP contribution in [0, 0.1) is 0 Å². The van der Waals surface area contributed by atoms with E-state index in [4.69, 9.17) is 11.5 Å². The molecule has 0 aromatic carbocycles. The first-order chi connectivity index (χ1) is 5.26. The Bertz CT molecular complexity index is 188. The minimum absolute atomic E-state index is 0.487. The van der Waals surface area contributed by atoms with Crippen LogP contribution in [0.4, 0.5) is 0 Å². The Kier molecular flexibility index (Phi) is 5.21. The number of nitrogens with two attached hydrogens (primary N) is 2. The molecule has 0 unspecified atom stereocenters. The van der Waals surface area contributed by atoms with Crippen LogP contribution in [0.3, 0.4) is 0 Å². The van der Waals surface area contributed by atoms with Crippen molar-refractivity contribution in [3.8, 4) is 0 Å². The van der Waals surface area contributed by atoms with Crippen molar-refractivity contribution in [3.63, 3.8) is 0 Å². The fourth-order valence-corrected chi connectivity index (χ4v) is 0.770. The van der Waals surface area contributed by atoms with Gasteiger partial charge in [-0.25, -0.2) is 0 Å². The molecule has 0 saturated carbocycles. The molecule has 0 bridgehead atoms. The van der Waals surface area contributed by atoms with Crippen LogP contribution < -0.4 is 11.5 Å². The first-order valence-corrected chi connectivity index (χ1v) is 3.70. The van der Waals surface area contributed by atoms with Gasteiger partial charge in [0, 0.05) is 12.2 Å². The second-order valence-electron chi connectivity index (χ2n) is 2.18. The molecule has 0 spiro atoms. The molecule has 2 heteroatoms. The number of rotatable bonds is 3. The molecule has 0 aliphatic carbocycles. The largest absolute Gasteiger partial charge is 0.398 e. The fraction of sp³-hybridized carbons (Fsp3) is 0.333. The molecule has 2 nitrogen and oxygen atoms in total. The normalized spacial score (nSPS) is 14.5. The Hall–Kier alpha value is -1.02. The first kappa shape index (κ1) is 9.98. The van der Waals surface area contributed by atoms with Gasteiger partial charge in [-0.15, -0.1) is 0 Å². The van der Waals surface area contributed by atoms with Crippen molar-refractivity contribution < 1.29 is 0 Å². The second-order valence-corrected chi connectivity index (χ2v) is 2.18. The third-order valence-corrected chi connectivity index (χ3v) is 1.30. The molecular weight excluding hydrogens is 136 g/mol. The van der Waals surface area contributed by atoms with Crippen LogP contribution in [-0.2, 0) is 0 Å². The van der Waals surface area contributed by atoms with Crippen LogP contribution in [0.2, 0.25) is 0 Å². The summed E-state index contributed by atoms with van der Waals surface area (Å²) in [5.41, 5.74) is 12.9. The van der Waals surface area contributed by atoms with Crippen molar-refractivity contribution in [3.05, 3.63) is 35.6 Å². The summed E-state index contributed by atoms with van der Waals surface area (Å²) < 4.78 is 0. The van der Waals surface area contributed by atoms with Gasteiger partial charge in [-0.2, -0.15) is 0 Å². The summed E-state index contributed by atoms with van der Waals surface area (Å²) in [5, 5.41) is 0. The Morgan fingerprint density at radius 2 is 1.73 bits per heavy atom. The lowest BCUT2D eigenvalue weighted by atomic mass is 10.2. The zero-order chi connectivity index (χ0) is 8.69. The van der Waals surface area contributed by atoms with Gasteiger partial charge >= 0.3 is 0 Å². The fourth-order valence-electron chi connectivity index (χ4n) is 0.770. The Morgan fingerprint density at radius 1 is 1.18 bits per heavy atom. The second kappa shape index (κ2) is 5.74. The molecular formula is C9H16N2. The average Bonchev–Trinajstić information content (AvgIpc) is 2.00. The van der Waals surface area contributed by atoms with Gasteiger partial charge < -0.3 is 11.5 Å². The molecule has 0 fully saturated rings. The van der Waals surface area contributed by atoms with E-state index in [0.717, 1.165) is 11.3 Å². The van der Waals surface area contributed by atoms with Crippen LogP contribution in [0.5, 0.6) is 0 Å². The van der Waals surface area contributed by atoms with Crippen molar-refractivity contribution in [2.24, 2.45) is 11.5 Å². The van der Waals surface area contributed by atoms with Crippen LogP contribution >= 0.6 is 0 Å². The maximum atomic E-state index is 5.69. The van der Waals surface area contributed by atoms with Crippen molar-refractivity contribution in [2.75, 3.05) is 6.54 Å². The Morgan fingerprint density at radius 3 is 2.09 bits per heavy atom. The highest BCUT2D eigenvalue weighted by molar-refractivity contribution is 5.31. The molecule has 0 aromatic rings. The van der Waals surface area contributed by atoms with Gasteiger partial charge in [0.25, 0.3) is 0 Å². The summed E-state index contributed by atoms with van der Waals surface area (Å²) >= 11 is 0. The molecule has 11 heavy (non-hydrogen) atoms. The SMILES string of the molecule is C\C=C/C(N)=C(\C=C/C)CN. The monoisotopic (exact) mass is 152 g/mol. The van der Waals surface area contributed by atoms with Gasteiger partial charge in [-0.05, 0) is 25.5 Å². The van der Waals surface area contributed by atoms with Crippen LogP contribution in [0.15, 0.2) is 35.6 Å². The highest BCUT2D eigenvalue weighted by Gasteiger charge is 1.91. The van der Waals surface area contributed by atoms with Crippen molar-refractivity contribution >= 4 is 0 Å². The van der Waals surface area contributed by atoms with Crippen molar-refractivity contribution in [1.29, 1.82) is 0 Å². The minimum atomic E-state index is 0.487. The molecule has 4 N–H and O–H groups in total. The lowest BCUT2D eigenvalue weighted by Crippen LogP contribution is -2.08. The highest BCUT2D eigenvalue weighted by Crippen LogP contribution is 2.00. The van der Waals surface area contributed by atoms with E-state index in [1.165, 1.54) is 0 Å². The van der Waals surface area contributed by atoms with Crippen molar-refractivity contribution in [1.82, 2.24) is 0 Å². The summed E-state index contributed by atoms with van der Waals surface area (Å²) in [7, 11) is 0. The van der Waals surface area contributed by atoms with Gasteiger partial charge in [0.15, 0.2) is 0 Å². The van der Waals surface area contributed by atoms with Gasteiger partial charge in [0.2, 0.25) is 0 Å². The van der Waals surface area contributed by atoms with E-state index in [2.05, 4.69) is 0 Å². The number of hydrogen-bond acceptors (Lipinski definition) is 2. The number of hydrogen-bond donors (Lipinski definition) is 2. The van der Waals surface area contributed by atoms with E-state index in [9.17, 15) is 0 Å². The summed E-state index contributed by atoms with van der Waals surface area (Å²) in [6.07, 6.45) is 7.60. The average molecular weight is 152 g/mol. The van der Waals surface area contributed by atoms with E-state index in [0.29, 0.717) is 6.54 Å². The lowest BCUT2D eigenvalue weighted by molar-refractivity contribution is 1.14. The summed E-state index contributed by atoms with van der Waals surface area (Å²) in [5.74, 6) is 0. The zero-order valence-electron chi connectivity index (χ0n) is 7.17. The third kappa shape index (κ3) is 3.63. The maximum absolute atomic E-state index is 5.69. The molecule has 62 valence electrons. The van der Waals surface area contributed by atoms with Crippen LogP contribution in [0.1, 0.15) is 13.8 Å². The molecule has 0 rings (SSSR count). The Labute approximate surface area is 68.3 Å². The van der Waals surface area contributed by atoms with E-state index in [1.807, 2.05) is 38.2 Å². The zero-order valence-corrected chi connectivity index (χ0v) is 7.17. The summed E-state index contributed by atoms with van der Waals surface area (Å²) in [6.45, 7) is 4.36. The molecule has 0 heterocycles. The molecule has 0 amide bonds. The van der Waals surface area contributed by atoms with E-state index in [1.54, 1.807) is 0 Å². The highest BCUT2D eigenvalue weighted by atomic mass is 14.6. The van der Waals surface area contributed by atoms with E-state index >= 15 is 0 Å². The van der Waals surface area contributed by atoms with E-state index < -0.39 is 0 Å². The molecule has 0 radical (unpaired) electrons. The standard InChI is InChI=1S/C9H16N2/c1-3-5-8(7-10)9(11)6-4-2/h3-6H,7,10-11H2,1-2H3/b5-3-,6-4-,9-8-. The predicted octanol–water partition coefficient (Wildman–Crippen LogP) is 1.31. The molecule has 0 aliphatic heterocycles. The lowest BCUT2D eigenvalue weighted by Gasteiger charge is -1.99. The quantitative estimate of drug-likeness (QED) is 0.599. The summed E-state index contributed by atoms with van der Waals surface area (Å²) in [6, 6.07) is 0. The van der Waals surface area contributed by atoms with Gasteiger partial charge in [0.1, 0.15) is 0 Å². The van der Waals surface area contributed by atoms with Gasteiger partial charge in [-0.1, -0.05) is 18.2 Å². The van der Waals surface area contributed by atoms with E-state index in [-0.39, 0.29) is 0 Å². The molecule has 0 saturated heterocycles. The molecule has 0 aromatic heterocycles. The summed E-state index contributed by atoms with van der Waals surface area (Å²) in [4.78, 5) is 0. The smallest absolute Gasteiger partial charge is 0.0356 e. The van der Waals surface area contributed by atoms with Gasteiger partial charge in [-0.3, -0.25) is 0 Å². The van der Waals surface area contributed by atoms with Gasteiger partial charge in [0.05, 0.1) is 0 Å². The maximum Gasteiger partial charge on any atom is 0.0356 e. The Balaban J connectivity index is 4.52. The topological polar surface area (TPSA) is 52.0 Å². The van der Waals surface area contributed by atoms with Crippen LogP contribution in [-0.4, -0.2) is 6.54 Å². The molecule has 0 aliphatic rings. The predicted molar refractivity (Wildman–Crippen MR) is 49.9 cm³/mol. The van der Waals surface area contributed by atoms with Crippen molar-refractivity contribution in [2.45, 2.75) is 13.8 Å². The molecule has 0 atom stereocenters.